The van der Waals surface area contributed by atoms with Gasteiger partial charge in [-0.3, -0.25) is 4.98 Å². The van der Waals surface area contributed by atoms with Gasteiger partial charge < -0.3 is 4.57 Å². The SMILES string of the molecule is c1ccc(-n2cc3c4c(cccc42)-c2ccccc2-c2cccnc2-3)nc1. The highest BCUT2D eigenvalue weighted by atomic mass is 15.1. The molecule has 3 aromatic heterocycles. The zero-order valence-electron chi connectivity index (χ0n) is 14.5. The van der Waals surface area contributed by atoms with Crippen LogP contribution in [-0.2, 0) is 0 Å². The Balaban J connectivity index is 1.82. The fraction of sp³-hybridized carbons (Fsp3) is 0. The number of benzene rings is 2. The molecule has 0 N–H and O–H groups in total. The highest BCUT2D eigenvalue weighted by Gasteiger charge is 2.24. The van der Waals surface area contributed by atoms with E-state index in [1.54, 1.807) is 0 Å². The van der Waals surface area contributed by atoms with Gasteiger partial charge in [-0.05, 0) is 41.0 Å². The molecular weight excluding hydrogens is 330 g/mol. The molecule has 0 atom stereocenters. The summed E-state index contributed by atoms with van der Waals surface area (Å²) in [6.07, 6.45) is 5.88. The van der Waals surface area contributed by atoms with Crippen LogP contribution in [0.25, 0.3) is 50.2 Å². The number of pyridine rings is 2. The Morgan fingerprint density at radius 1 is 0.556 bits per heavy atom. The van der Waals surface area contributed by atoms with Crippen molar-refractivity contribution in [2.75, 3.05) is 0 Å². The Kier molecular flexibility index (Phi) is 2.88. The minimum Gasteiger partial charge on any atom is -0.301 e. The third-order valence-corrected chi connectivity index (χ3v) is 5.30. The smallest absolute Gasteiger partial charge is 0.137 e. The third-order valence-electron chi connectivity index (χ3n) is 5.30. The largest absolute Gasteiger partial charge is 0.301 e. The molecule has 3 nitrogen and oxygen atoms in total. The van der Waals surface area contributed by atoms with E-state index in [9.17, 15) is 0 Å². The summed E-state index contributed by atoms with van der Waals surface area (Å²) < 4.78 is 2.17. The zero-order valence-corrected chi connectivity index (χ0v) is 14.5. The second kappa shape index (κ2) is 5.39. The topological polar surface area (TPSA) is 30.7 Å². The molecule has 6 rings (SSSR count). The number of aromatic nitrogens is 3. The zero-order chi connectivity index (χ0) is 17.8. The van der Waals surface area contributed by atoms with Crippen LogP contribution in [-0.4, -0.2) is 14.5 Å². The Bertz CT molecular complexity index is 1320. The number of hydrogen-bond donors (Lipinski definition) is 0. The van der Waals surface area contributed by atoms with Crippen LogP contribution in [0.15, 0.2) is 91.4 Å². The van der Waals surface area contributed by atoms with Crippen molar-refractivity contribution >= 4 is 10.9 Å². The number of fused-ring (bicyclic) bond motifs is 5. The van der Waals surface area contributed by atoms with Gasteiger partial charge in [-0.15, -0.1) is 0 Å². The molecule has 0 fully saturated rings. The third kappa shape index (κ3) is 1.97. The van der Waals surface area contributed by atoms with Crippen molar-refractivity contribution in [2.24, 2.45) is 0 Å². The maximum absolute atomic E-state index is 4.78. The first-order chi connectivity index (χ1) is 13.4. The van der Waals surface area contributed by atoms with Gasteiger partial charge in [-0.1, -0.05) is 48.5 Å². The highest BCUT2D eigenvalue weighted by Crippen LogP contribution is 2.47. The van der Waals surface area contributed by atoms with Crippen molar-refractivity contribution in [3.05, 3.63) is 91.4 Å². The predicted molar refractivity (Wildman–Crippen MR) is 109 cm³/mol. The summed E-state index contributed by atoms with van der Waals surface area (Å²) in [6.45, 7) is 0. The van der Waals surface area contributed by atoms with Gasteiger partial charge in [0.2, 0.25) is 0 Å². The summed E-state index contributed by atoms with van der Waals surface area (Å²) in [5.74, 6) is 0.914. The van der Waals surface area contributed by atoms with Crippen LogP contribution in [0, 0.1) is 0 Å². The summed E-state index contributed by atoms with van der Waals surface area (Å²) in [5, 5.41) is 1.23. The van der Waals surface area contributed by atoms with Gasteiger partial charge in [0.05, 0.1) is 11.2 Å². The van der Waals surface area contributed by atoms with Gasteiger partial charge in [-0.2, -0.15) is 0 Å². The Hall–Kier alpha value is -3.72. The number of nitrogens with zero attached hydrogens (tertiary/aromatic N) is 3. The lowest BCUT2D eigenvalue weighted by Gasteiger charge is -2.11. The van der Waals surface area contributed by atoms with Crippen molar-refractivity contribution in [3.63, 3.8) is 0 Å². The van der Waals surface area contributed by atoms with Crippen LogP contribution in [0.5, 0.6) is 0 Å². The summed E-state index contributed by atoms with van der Waals surface area (Å²) >= 11 is 0. The molecule has 1 aliphatic carbocycles. The lowest BCUT2D eigenvalue weighted by molar-refractivity contribution is 1.04. The van der Waals surface area contributed by atoms with Gasteiger partial charge in [0.1, 0.15) is 5.82 Å². The Morgan fingerprint density at radius 3 is 2.15 bits per heavy atom. The molecule has 0 saturated heterocycles. The minimum absolute atomic E-state index is 0.914. The standard InChI is InChI=1S/C24H15N3/c1-2-8-17-16(7-1)18-9-5-11-21-23(18)20(24-19(17)10-6-14-26-24)15-27(21)22-12-3-4-13-25-22/h1-15H. The van der Waals surface area contributed by atoms with E-state index >= 15 is 0 Å². The second-order valence-electron chi connectivity index (χ2n) is 6.75. The first kappa shape index (κ1) is 14.4. The molecule has 0 amide bonds. The van der Waals surface area contributed by atoms with E-state index in [0.29, 0.717) is 0 Å². The number of rotatable bonds is 1. The monoisotopic (exact) mass is 345 g/mol. The Labute approximate surface area is 156 Å². The molecule has 0 unspecified atom stereocenters. The van der Waals surface area contributed by atoms with Crippen molar-refractivity contribution in [2.45, 2.75) is 0 Å². The molecule has 3 heterocycles. The van der Waals surface area contributed by atoms with Crippen LogP contribution in [0.3, 0.4) is 0 Å². The molecule has 5 aromatic rings. The fourth-order valence-electron chi connectivity index (χ4n) is 4.17. The quantitative estimate of drug-likeness (QED) is 0.381. The molecule has 0 spiro atoms. The van der Waals surface area contributed by atoms with Gasteiger partial charge in [0.15, 0.2) is 0 Å². The van der Waals surface area contributed by atoms with Gasteiger partial charge in [-0.25, -0.2) is 4.98 Å². The normalized spacial score (nSPS) is 11.7. The van der Waals surface area contributed by atoms with Crippen LogP contribution < -0.4 is 0 Å². The van der Waals surface area contributed by atoms with E-state index in [1.807, 2.05) is 36.7 Å². The minimum atomic E-state index is 0.914. The summed E-state index contributed by atoms with van der Waals surface area (Å²) in [4.78, 5) is 9.34. The number of hydrogen-bond acceptors (Lipinski definition) is 2. The van der Waals surface area contributed by atoms with E-state index in [2.05, 4.69) is 64.3 Å². The molecule has 2 aromatic carbocycles. The van der Waals surface area contributed by atoms with Crippen LogP contribution in [0.4, 0.5) is 0 Å². The maximum Gasteiger partial charge on any atom is 0.137 e. The highest BCUT2D eigenvalue weighted by molar-refractivity contribution is 6.12. The summed E-state index contributed by atoms with van der Waals surface area (Å²) in [5.41, 5.74) is 8.21. The molecule has 0 bridgehead atoms. The van der Waals surface area contributed by atoms with E-state index in [0.717, 1.165) is 22.6 Å². The van der Waals surface area contributed by atoms with Crippen molar-refractivity contribution in [3.8, 4) is 39.3 Å². The van der Waals surface area contributed by atoms with Gasteiger partial charge in [0.25, 0.3) is 0 Å². The van der Waals surface area contributed by atoms with Crippen LogP contribution >= 0.6 is 0 Å². The molecule has 1 aliphatic rings. The molecule has 27 heavy (non-hydrogen) atoms. The lowest BCUT2D eigenvalue weighted by atomic mass is 9.95. The average Bonchev–Trinajstić information content (AvgIpc) is 3.09. The fourth-order valence-corrected chi connectivity index (χ4v) is 4.17. The Morgan fingerprint density at radius 2 is 1.30 bits per heavy atom. The van der Waals surface area contributed by atoms with Crippen molar-refractivity contribution in [1.82, 2.24) is 14.5 Å². The molecular formula is C24H15N3. The average molecular weight is 345 g/mol. The van der Waals surface area contributed by atoms with Gasteiger partial charge in [0, 0.05) is 35.1 Å². The predicted octanol–water partition coefficient (Wildman–Crippen LogP) is 5.73. The summed E-state index contributed by atoms with van der Waals surface area (Å²) in [7, 11) is 0. The van der Waals surface area contributed by atoms with E-state index in [1.165, 1.54) is 27.6 Å². The molecule has 3 heteroatoms. The van der Waals surface area contributed by atoms with E-state index in [4.69, 9.17) is 4.98 Å². The van der Waals surface area contributed by atoms with E-state index < -0.39 is 0 Å². The molecule has 0 saturated carbocycles. The lowest BCUT2D eigenvalue weighted by Crippen LogP contribution is -1.95. The molecule has 126 valence electrons. The second-order valence-corrected chi connectivity index (χ2v) is 6.75. The molecule has 0 aliphatic heterocycles. The van der Waals surface area contributed by atoms with Crippen LogP contribution in [0.1, 0.15) is 0 Å². The van der Waals surface area contributed by atoms with Crippen molar-refractivity contribution < 1.29 is 0 Å². The molecule has 0 radical (unpaired) electrons. The van der Waals surface area contributed by atoms with Crippen LogP contribution in [0.2, 0.25) is 0 Å². The van der Waals surface area contributed by atoms with Gasteiger partial charge >= 0.3 is 0 Å². The first-order valence-corrected chi connectivity index (χ1v) is 9.02. The maximum atomic E-state index is 4.78. The van der Waals surface area contributed by atoms with Crippen molar-refractivity contribution in [1.29, 1.82) is 0 Å². The first-order valence-electron chi connectivity index (χ1n) is 9.02. The summed E-state index contributed by atoms with van der Waals surface area (Å²) in [6, 6.07) is 25.3. The van der Waals surface area contributed by atoms with E-state index in [-0.39, 0.29) is 0 Å².